The minimum absolute atomic E-state index is 0.200. The van der Waals surface area contributed by atoms with E-state index in [-0.39, 0.29) is 6.10 Å². The van der Waals surface area contributed by atoms with Gasteiger partial charge in [0.25, 0.3) is 0 Å². The minimum Gasteiger partial charge on any atom is -0.392 e. The van der Waals surface area contributed by atoms with Gasteiger partial charge in [-0.2, -0.15) is 0 Å². The quantitative estimate of drug-likeness (QED) is 0.903. The van der Waals surface area contributed by atoms with Crippen molar-refractivity contribution in [3.8, 4) is 0 Å². The van der Waals surface area contributed by atoms with Crippen LogP contribution in [0.15, 0.2) is 24.3 Å². The normalized spacial score (nSPS) is 24.9. The highest BCUT2D eigenvalue weighted by Crippen LogP contribution is 2.22. The first kappa shape index (κ1) is 13.8. The summed E-state index contributed by atoms with van der Waals surface area (Å²) in [5.74, 6) is 0. The molecule has 1 heterocycles. The van der Waals surface area contributed by atoms with Gasteiger partial charge in [-0.3, -0.25) is 4.90 Å². The van der Waals surface area contributed by atoms with Gasteiger partial charge in [-0.1, -0.05) is 23.7 Å². The Hall–Kier alpha value is -0.610. The van der Waals surface area contributed by atoms with Crippen LogP contribution in [0.3, 0.4) is 0 Å². The molecule has 2 atom stereocenters. The van der Waals surface area contributed by atoms with Crippen molar-refractivity contribution in [3.63, 3.8) is 0 Å². The number of likely N-dealkylation sites (N-methyl/N-ethyl adjacent to an activating group) is 1. The third kappa shape index (κ3) is 3.69. The average Bonchev–Trinajstić information content (AvgIpc) is 2.58. The summed E-state index contributed by atoms with van der Waals surface area (Å²) < 4.78 is 0. The summed E-state index contributed by atoms with van der Waals surface area (Å²) in [6.45, 7) is 2.60. The second-order valence-corrected chi connectivity index (χ2v) is 5.80. The summed E-state index contributed by atoms with van der Waals surface area (Å²) in [7, 11) is 4.14. The molecule has 2 rings (SSSR count). The van der Waals surface area contributed by atoms with Crippen LogP contribution in [0.4, 0.5) is 0 Å². The highest BCUT2D eigenvalue weighted by Gasteiger charge is 2.30. The van der Waals surface area contributed by atoms with Crippen LogP contribution in [-0.2, 0) is 6.54 Å². The Balaban J connectivity index is 2.02. The van der Waals surface area contributed by atoms with Crippen LogP contribution in [0.25, 0.3) is 0 Å². The first-order valence-electron chi connectivity index (χ1n) is 6.36. The summed E-state index contributed by atoms with van der Waals surface area (Å²) >= 11 is 6.00. The molecule has 1 aromatic carbocycles. The molecule has 1 fully saturated rings. The number of aliphatic hydroxyl groups excluding tert-OH is 1. The molecule has 3 nitrogen and oxygen atoms in total. The second kappa shape index (κ2) is 6.02. The fraction of sp³-hybridized carbons (Fsp3) is 0.571. The molecule has 0 aliphatic carbocycles. The van der Waals surface area contributed by atoms with E-state index in [1.165, 1.54) is 5.56 Å². The van der Waals surface area contributed by atoms with Gasteiger partial charge in [-0.25, -0.2) is 0 Å². The molecule has 0 radical (unpaired) electrons. The monoisotopic (exact) mass is 268 g/mol. The number of halogens is 1. The molecule has 0 bridgehead atoms. The molecule has 1 N–H and O–H groups in total. The van der Waals surface area contributed by atoms with Crippen LogP contribution in [0, 0.1) is 0 Å². The van der Waals surface area contributed by atoms with Gasteiger partial charge >= 0.3 is 0 Å². The van der Waals surface area contributed by atoms with E-state index in [1.54, 1.807) is 0 Å². The van der Waals surface area contributed by atoms with Gasteiger partial charge in [-0.05, 0) is 38.2 Å². The lowest BCUT2D eigenvalue weighted by molar-refractivity contribution is 0.169. The molecular weight excluding hydrogens is 248 g/mol. The van der Waals surface area contributed by atoms with E-state index in [4.69, 9.17) is 11.6 Å². The molecule has 2 unspecified atom stereocenters. The SMILES string of the molecule is CN(C)CC1CC(O)CN1Cc1cccc(Cl)c1. The molecule has 1 saturated heterocycles. The molecule has 0 amide bonds. The minimum atomic E-state index is -0.200. The van der Waals surface area contributed by atoms with E-state index >= 15 is 0 Å². The summed E-state index contributed by atoms with van der Waals surface area (Å²) in [6, 6.07) is 8.38. The van der Waals surface area contributed by atoms with Gasteiger partial charge in [0.1, 0.15) is 0 Å². The lowest BCUT2D eigenvalue weighted by atomic mass is 10.1. The summed E-state index contributed by atoms with van der Waals surface area (Å²) in [6.07, 6.45) is 0.660. The number of rotatable bonds is 4. The first-order chi connectivity index (χ1) is 8.54. The number of β-amino-alcohol motifs (C(OH)–C–C–N with tert-alkyl or cyclic N) is 1. The van der Waals surface area contributed by atoms with Crippen molar-refractivity contribution in [2.75, 3.05) is 27.2 Å². The van der Waals surface area contributed by atoms with E-state index in [2.05, 4.69) is 30.0 Å². The zero-order valence-electron chi connectivity index (χ0n) is 11.0. The largest absolute Gasteiger partial charge is 0.392 e. The second-order valence-electron chi connectivity index (χ2n) is 5.36. The van der Waals surface area contributed by atoms with E-state index in [1.807, 2.05) is 18.2 Å². The number of hydrogen-bond acceptors (Lipinski definition) is 3. The molecule has 1 aromatic rings. The van der Waals surface area contributed by atoms with E-state index < -0.39 is 0 Å². The maximum atomic E-state index is 9.83. The number of likely N-dealkylation sites (tertiary alicyclic amines) is 1. The average molecular weight is 269 g/mol. The highest BCUT2D eigenvalue weighted by atomic mass is 35.5. The Bertz CT molecular complexity index is 397. The Morgan fingerprint density at radius 1 is 1.44 bits per heavy atom. The predicted octanol–water partition coefficient (Wildman–Crippen LogP) is 1.84. The van der Waals surface area contributed by atoms with Crippen molar-refractivity contribution < 1.29 is 5.11 Å². The third-order valence-corrected chi connectivity index (χ3v) is 3.59. The number of hydrogen-bond donors (Lipinski definition) is 1. The first-order valence-corrected chi connectivity index (χ1v) is 6.73. The van der Waals surface area contributed by atoms with Crippen LogP contribution < -0.4 is 0 Å². The highest BCUT2D eigenvalue weighted by molar-refractivity contribution is 6.30. The summed E-state index contributed by atoms with van der Waals surface area (Å²) in [5.41, 5.74) is 1.21. The molecule has 1 aliphatic heterocycles. The van der Waals surface area contributed by atoms with Gasteiger partial charge in [0.05, 0.1) is 6.10 Å². The molecule has 0 saturated carbocycles. The Kier molecular flexibility index (Phi) is 4.62. The van der Waals surface area contributed by atoms with Crippen LogP contribution in [0.1, 0.15) is 12.0 Å². The van der Waals surface area contributed by atoms with Crippen LogP contribution in [0.2, 0.25) is 5.02 Å². The fourth-order valence-electron chi connectivity index (χ4n) is 2.63. The van der Waals surface area contributed by atoms with E-state index in [0.29, 0.717) is 6.04 Å². The zero-order chi connectivity index (χ0) is 13.1. The van der Waals surface area contributed by atoms with Crippen LogP contribution in [0.5, 0.6) is 0 Å². The number of benzene rings is 1. The van der Waals surface area contributed by atoms with Gasteiger partial charge in [0.2, 0.25) is 0 Å². The standard InChI is InChI=1S/C14H21ClN2O/c1-16(2)9-13-7-14(18)10-17(13)8-11-4-3-5-12(15)6-11/h3-6,13-14,18H,7-10H2,1-2H3. The summed E-state index contributed by atoms with van der Waals surface area (Å²) in [5, 5.41) is 10.6. The molecule has 18 heavy (non-hydrogen) atoms. The van der Waals surface area contributed by atoms with Gasteiger partial charge in [0, 0.05) is 30.7 Å². The lowest BCUT2D eigenvalue weighted by Crippen LogP contribution is -2.37. The van der Waals surface area contributed by atoms with Crippen LogP contribution >= 0.6 is 11.6 Å². The zero-order valence-corrected chi connectivity index (χ0v) is 11.8. The van der Waals surface area contributed by atoms with Crippen LogP contribution in [-0.4, -0.2) is 54.2 Å². The molecule has 100 valence electrons. The molecule has 0 spiro atoms. The summed E-state index contributed by atoms with van der Waals surface area (Å²) in [4.78, 5) is 4.52. The smallest absolute Gasteiger partial charge is 0.0682 e. The van der Waals surface area contributed by atoms with E-state index in [0.717, 1.165) is 31.1 Å². The maximum Gasteiger partial charge on any atom is 0.0682 e. The van der Waals surface area contributed by atoms with Gasteiger partial charge < -0.3 is 10.0 Å². The van der Waals surface area contributed by atoms with E-state index in [9.17, 15) is 5.11 Å². The maximum absolute atomic E-state index is 9.83. The van der Waals surface area contributed by atoms with Crippen molar-refractivity contribution in [1.82, 2.24) is 9.80 Å². The Morgan fingerprint density at radius 2 is 2.22 bits per heavy atom. The topological polar surface area (TPSA) is 26.7 Å². The number of nitrogens with zero attached hydrogens (tertiary/aromatic N) is 2. The Labute approximate surface area is 114 Å². The molecule has 0 aromatic heterocycles. The molecule has 4 heteroatoms. The lowest BCUT2D eigenvalue weighted by Gasteiger charge is -2.26. The third-order valence-electron chi connectivity index (χ3n) is 3.36. The molecule has 1 aliphatic rings. The van der Waals surface area contributed by atoms with Crippen molar-refractivity contribution in [1.29, 1.82) is 0 Å². The Morgan fingerprint density at radius 3 is 2.89 bits per heavy atom. The van der Waals surface area contributed by atoms with Gasteiger partial charge in [-0.15, -0.1) is 0 Å². The van der Waals surface area contributed by atoms with Crippen molar-refractivity contribution in [2.24, 2.45) is 0 Å². The van der Waals surface area contributed by atoms with Crippen molar-refractivity contribution >= 4 is 11.6 Å². The van der Waals surface area contributed by atoms with Crippen molar-refractivity contribution in [3.05, 3.63) is 34.9 Å². The van der Waals surface area contributed by atoms with Crippen molar-refractivity contribution in [2.45, 2.75) is 25.1 Å². The fourth-order valence-corrected chi connectivity index (χ4v) is 2.85. The predicted molar refractivity (Wildman–Crippen MR) is 74.8 cm³/mol. The number of aliphatic hydroxyl groups is 1. The molecular formula is C14H21ClN2O. The van der Waals surface area contributed by atoms with Gasteiger partial charge in [0.15, 0.2) is 0 Å².